The molecule has 2 aliphatic rings. The van der Waals surface area contributed by atoms with E-state index in [-0.39, 0.29) is 6.61 Å². The second kappa shape index (κ2) is 4.75. The summed E-state index contributed by atoms with van der Waals surface area (Å²) in [6.07, 6.45) is 6.98. The Morgan fingerprint density at radius 3 is 2.88 bits per heavy atom. The van der Waals surface area contributed by atoms with Crippen LogP contribution >= 0.6 is 0 Å². The van der Waals surface area contributed by atoms with Crippen LogP contribution in [0.4, 0.5) is 0 Å². The van der Waals surface area contributed by atoms with Gasteiger partial charge in [-0.15, -0.1) is 0 Å². The van der Waals surface area contributed by atoms with Crippen LogP contribution in [0.15, 0.2) is 23.8 Å². The van der Waals surface area contributed by atoms with Gasteiger partial charge in [-0.2, -0.15) is 0 Å². The Hall–Kier alpha value is -0.560. The number of rotatable bonds is 2. The molecule has 0 aliphatic heterocycles. The smallest absolute Gasteiger partial charge is 0.0641 e. The highest BCUT2D eigenvalue weighted by molar-refractivity contribution is 5.19. The highest BCUT2D eigenvalue weighted by Crippen LogP contribution is 2.47. The van der Waals surface area contributed by atoms with E-state index in [4.69, 9.17) is 0 Å². The van der Waals surface area contributed by atoms with Gasteiger partial charge in [-0.05, 0) is 54.9 Å². The minimum absolute atomic E-state index is 0.251. The molecule has 1 N–H and O–H groups in total. The van der Waals surface area contributed by atoms with Gasteiger partial charge in [0.25, 0.3) is 0 Å². The highest BCUT2D eigenvalue weighted by atomic mass is 16.3. The van der Waals surface area contributed by atoms with Gasteiger partial charge < -0.3 is 5.11 Å². The summed E-state index contributed by atoms with van der Waals surface area (Å²) in [4.78, 5) is 0. The fraction of sp³-hybridized carbons (Fsp3) is 0.733. The first-order valence-electron chi connectivity index (χ1n) is 6.60. The number of fused-ring (bicyclic) bond motifs is 1. The number of aliphatic hydroxyl groups is 1. The molecule has 0 aromatic heterocycles. The van der Waals surface area contributed by atoms with Crippen LogP contribution in [-0.4, -0.2) is 11.7 Å². The Balaban J connectivity index is 2.19. The molecule has 16 heavy (non-hydrogen) atoms. The molecule has 2 aliphatic carbocycles. The van der Waals surface area contributed by atoms with E-state index in [0.29, 0.717) is 5.92 Å². The maximum absolute atomic E-state index is 9.28. The van der Waals surface area contributed by atoms with E-state index in [1.807, 2.05) is 0 Å². The first-order chi connectivity index (χ1) is 7.63. The van der Waals surface area contributed by atoms with Crippen molar-refractivity contribution in [1.82, 2.24) is 0 Å². The van der Waals surface area contributed by atoms with Crippen molar-refractivity contribution in [2.24, 2.45) is 23.7 Å². The summed E-state index contributed by atoms with van der Waals surface area (Å²) in [6, 6.07) is 0. The van der Waals surface area contributed by atoms with Crippen LogP contribution in [-0.2, 0) is 0 Å². The lowest BCUT2D eigenvalue weighted by Gasteiger charge is -2.44. The highest BCUT2D eigenvalue weighted by Gasteiger charge is 2.38. The van der Waals surface area contributed by atoms with Gasteiger partial charge in [0.1, 0.15) is 0 Å². The molecule has 0 bridgehead atoms. The normalized spacial score (nSPS) is 34.9. The molecule has 1 heteroatoms. The second-order valence-electron chi connectivity index (χ2n) is 5.84. The van der Waals surface area contributed by atoms with Crippen LogP contribution in [0.2, 0.25) is 0 Å². The molecule has 0 aromatic rings. The summed E-state index contributed by atoms with van der Waals surface area (Å²) in [5, 5.41) is 9.28. The molecule has 0 radical (unpaired) electrons. The quantitative estimate of drug-likeness (QED) is 0.706. The van der Waals surface area contributed by atoms with E-state index in [9.17, 15) is 5.11 Å². The molecule has 0 spiro atoms. The monoisotopic (exact) mass is 220 g/mol. The van der Waals surface area contributed by atoms with E-state index in [0.717, 1.165) is 30.6 Å². The topological polar surface area (TPSA) is 20.2 Å². The lowest BCUT2D eigenvalue weighted by atomic mass is 9.61. The zero-order valence-electron chi connectivity index (χ0n) is 10.6. The molecule has 0 amide bonds. The summed E-state index contributed by atoms with van der Waals surface area (Å²) < 4.78 is 0. The standard InChI is InChI=1S/C15H24O/c1-10(2)13-6-4-11(3)14-7-5-12(9-16)8-15(13)14/h5,10,13-16H,3-4,6-9H2,1-2H3. The van der Waals surface area contributed by atoms with Gasteiger partial charge in [-0.25, -0.2) is 0 Å². The van der Waals surface area contributed by atoms with Crippen molar-refractivity contribution in [2.75, 3.05) is 6.61 Å². The van der Waals surface area contributed by atoms with E-state index < -0.39 is 0 Å². The SMILES string of the molecule is C=C1CCC(C(C)C)C2CC(CO)=CCC12. The minimum atomic E-state index is 0.251. The average molecular weight is 220 g/mol. The van der Waals surface area contributed by atoms with Crippen LogP contribution in [0.3, 0.4) is 0 Å². The van der Waals surface area contributed by atoms with E-state index >= 15 is 0 Å². The van der Waals surface area contributed by atoms with Gasteiger partial charge in [-0.1, -0.05) is 32.1 Å². The number of allylic oxidation sites excluding steroid dienone is 2. The van der Waals surface area contributed by atoms with Gasteiger partial charge >= 0.3 is 0 Å². The fourth-order valence-electron chi connectivity index (χ4n) is 3.62. The van der Waals surface area contributed by atoms with Gasteiger partial charge in [0.05, 0.1) is 6.61 Å². The molecule has 1 nitrogen and oxygen atoms in total. The Bertz CT molecular complexity index is 301. The van der Waals surface area contributed by atoms with Crippen LogP contribution in [0, 0.1) is 23.7 Å². The zero-order chi connectivity index (χ0) is 11.7. The van der Waals surface area contributed by atoms with Crippen molar-refractivity contribution in [2.45, 2.75) is 39.5 Å². The summed E-state index contributed by atoms with van der Waals surface area (Å²) in [7, 11) is 0. The number of aliphatic hydroxyl groups excluding tert-OH is 1. The maximum atomic E-state index is 9.28. The predicted molar refractivity (Wildman–Crippen MR) is 68.1 cm³/mol. The largest absolute Gasteiger partial charge is 0.392 e. The summed E-state index contributed by atoms with van der Waals surface area (Å²) in [5.74, 6) is 3.02. The number of hydrogen-bond donors (Lipinski definition) is 1. The lowest BCUT2D eigenvalue weighted by molar-refractivity contribution is 0.141. The van der Waals surface area contributed by atoms with Crippen molar-refractivity contribution >= 4 is 0 Å². The Labute approximate surface area is 99.3 Å². The van der Waals surface area contributed by atoms with E-state index in [2.05, 4.69) is 26.5 Å². The number of hydrogen-bond acceptors (Lipinski definition) is 1. The van der Waals surface area contributed by atoms with E-state index in [1.54, 1.807) is 0 Å². The minimum Gasteiger partial charge on any atom is -0.392 e. The van der Waals surface area contributed by atoms with Gasteiger partial charge in [0, 0.05) is 0 Å². The molecule has 90 valence electrons. The Kier molecular flexibility index (Phi) is 3.53. The molecule has 0 heterocycles. The first kappa shape index (κ1) is 11.9. The fourth-order valence-corrected chi connectivity index (χ4v) is 3.62. The molecule has 3 atom stereocenters. The molecular formula is C15H24O. The van der Waals surface area contributed by atoms with Crippen molar-refractivity contribution in [3.63, 3.8) is 0 Å². The zero-order valence-corrected chi connectivity index (χ0v) is 10.6. The molecule has 0 aromatic carbocycles. The molecule has 0 saturated heterocycles. The molecule has 1 fully saturated rings. The van der Waals surface area contributed by atoms with E-state index in [1.165, 1.54) is 24.0 Å². The summed E-state index contributed by atoms with van der Waals surface area (Å²) in [6.45, 7) is 9.18. The van der Waals surface area contributed by atoms with Crippen LogP contribution in [0.1, 0.15) is 39.5 Å². The van der Waals surface area contributed by atoms with Crippen LogP contribution < -0.4 is 0 Å². The molecule has 2 rings (SSSR count). The van der Waals surface area contributed by atoms with Crippen LogP contribution in [0.5, 0.6) is 0 Å². The summed E-state index contributed by atoms with van der Waals surface area (Å²) >= 11 is 0. The molecule has 1 saturated carbocycles. The average Bonchev–Trinajstić information content (AvgIpc) is 2.28. The van der Waals surface area contributed by atoms with Gasteiger partial charge in [-0.3, -0.25) is 0 Å². The maximum Gasteiger partial charge on any atom is 0.0641 e. The van der Waals surface area contributed by atoms with Crippen molar-refractivity contribution < 1.29 is 5.11 Å². The third kappa shape index (κ3) is 2.10. The summed E-state index contributed by atoms with van der Waals surface area (Å²) in [5.41, 5.74) is 2.71. The van der Waals surface area contributed by atoms with Crippen molar-refractivity contribution in [1.29, 1.82) is 0 Å². The Morgan fingerprint density at radius 2 is 2.25 bits per heavy atom. The second-order valence-corrected chi connectivity index (χ2v) is 5.84. The van der Waals surface area contributed by atoms with Crippen molar-refractivity contribution in [3.05, 3.63) is 23.8 Å². The van der Waals surface area contributed by atoms with Gasteiger partial charge in [0.15, 0.2) is 0 Å². The van der Waals surface area contributed by atoms with Gasteiger partial charge in [0.2, 0.25) is 0 Å². The molecular weight excluding hydrogens is 196 g/mol. The third-order valence-electron chi connectivity index (χ3n) is 4.61. The van der Waals surface area contributed by atoms with Crippen LogP contribution in [0.25, 0.3) is 0 Å². The first-order valence-corrected chi connectivity index (χ1v) is 6.60. The lowest BCUT2D eigenvalue weighted by Crippen LogP contribution is -2.35. The molecule has 3 unspecified atom stereocenters. The Morgan fingerprint density at radius 1 is 1.50 bits per heavy atom. The van der Waals surface area contributed by atoms with Crippen molar-refractivity contribution in [3.8, 4) is 0 Å². The third-order valence-corrected chi connectivity index (χ3v) is 4.61. The predicted octanol–water partition coefficient (Wildman–Crippen LogP) is 3.55.